The van der Waals surface area contributed by atoms with E-state index in [1.54, 1.807) is 33.8 Å². The lowest BCUT2D eigenvalue weighted by Gasteiger charge is -2.18. The van der Waals surface area contributed by atoms with Crippen molar-refractivity contribution in [1.29, 1.82) is 0 Å². The minimum Gasteiger partial charge on any atom is -0.356 e. The standard InChI is InChI=1S/C18H25F3N2O2/c1-12(13-7-5-8-14(11-13)18(19,20)21)23-15(24)9-6-10-22-16(25)17(2,3)4/h5,7-8,11-12H,6,9-10H2,1-4H3,(H,22,25)(H,23,24). The first-order chi connectivity index (χ1) is 11.4. The van der Waals surface area contributed by atoms with E-state index in [2.05, 4.69) is 10.6 Å². The molecule has 0 saturated heterocycles. The molecule has 2 N–H and O–H groups in total. The van der Waals surface area contributed by atoms with Gasteiger partial charge in [0.1, 0.15) is 0 Å². The van der Waals surface area contributed by atoms with Crippen LogP contribution in [-0.2, 0) is 15.8 Å². The van der Waals surface area contributed by atoms with Crippen LogP contribution < -0.4 is 10.6 Å². The quantitative estimate of drug-likeness (QED) is 0.760. The van der Waals surface area contributed by atoms with E-state index in [0.717, 1.165) is 12.1 Å². The highest BCUT2D eigenvalue weighted by atomic mass is 19.4. The Morgan fingerprint density at radius 3 is 2.36 bits per heavy atom. The minimum atomic E-state index is -4.41. The predicted octanol–water partition coefficient (Wildman–Crippen LogP) is 3.83. The molecule has 0 saturated carbocycles. The van der Waals surface area contributed by atoms with Crippen LogP contribution in [0.25, 0.3) is 0 Å². The molecular formula is C18H25F3N2O2. The number of rotatable bonds is 6. The van der Waals surface area contributed by atoms with Crippen LogP contribution in [0.2, 0.25) is 0 Å². The second-order valence-electron chi connectivity index (χ2n) is 7.02. The lowest BCUT2D eigenvalue weighted by molar-refractivity contribution is -0.137. The lowest BCUT2D eigenvalue weighted by Crippen LogP contribution is -2.36. The van der Waals surface area contributed by atoms with Gasteiger partial charge in [-0.3, -0.25) is 9.59 Å². The summed E-state index contributed by atoms with van der Waals surface area (Å²) in [6.07, 6.45) is -3.76. The number of benzene rings is 1. The summed E-state index contributed by atoms with van der Waals surface area (Å²) in [5.74, 6) is -0.361. The number of amides is 2. The molecule has 0 bridgehead atoms. The third kappa shape index (κ3) is 7.15. The molecule has 1 unspecified atom stereocenters. The molecule has 1 aromatic rings. The molecule has 140 valence electrons. The van der Waals surface area contributed by atoms with Crippen molar-refractivity contribution < 1.29 is 22.8 Å². The zero-order valence-electron chi connectivity index (χ0n) is 15.0. The Labute approximate surface area is 146 Å². The van der Waals surface area contributed by atoms with Crippen LogP contribution >= 0.6 is 0 Å². The fourth-order valence-electron chi connectivity index (χ4n) is 2.10. The fraction of sp³-hybridized carbons (Fsp3) is 0.556. The van der Waals surface area contributed by atoms with E-state index in [1.165, 1.54) is 6.07 Å². The number of hydrogen-bond donors (Lipinski definition) is 2. The van der Waals surface area contributed by atoms with Gasteiger partial charge in [-0.25, -0.2) is 0 Å². The maximum absolute atomic E-state index is 12.7. The van der Waals surface area contributed by atoms with E-state index in [-0.39, 0.29) is 18.2 Å². The van der Waals surface area contributed by atoms with Gasteiger partial charge in [0.15, 0.2) is 0 Å². The van der Waals surface area contributed by atoms with Crippen molar-refractivity contribution in [2.75, 3.05) is 6.54 Å². The van der Waals surface area contributed by atoms with Gasteiger partial charge in [-0.1, -0.05) is 32.9 Å². The Morgan fingerprint density at radius 1 is 1.16 bits per heavy atom. The zero-order chi connectivity index (χ0) is 19.3. The van der Waals surface area contributed by atoms with Crippen molar-refractivity contribution in [3.63, 3.8) is 0 Å². The normalized spacial score (nSPS) is 13.2. The molecule has 0 aromatic heterocycles. The van der Waals surface area contributed by atoms with E-state index in [1.807, 2.05) is 0 Å². The van der Waals surface area contributed by atoms with Crippen molar-refractivity contribution in [3.8, 4) is 0 Å². The summed E-state index contributed by atoms with van der Waals surface area (Å²) >= 11 is 0. The summed E-state index contributed by atoms with van der Waals surface area (Å²) in [7, 11) is 0. The molecule has 25 heavy (non-hydrogen) atoms. The summed E-state index contributed by atoms with van der Waals surface area (Å²) < 4.78 is 38.2. The highest BCUT2D eigenvalue weighted by Gasteiger charge is 2.30. The van der Waals surface area contributed by atoms with Gasteiger partial charge >= 0.3 is 6.18 Å². The molecule has 4 nitrogen and oxygen atoms in total. The molecule has 0 fully saturated rings. The molecule has 1 aromatic carbocycles. The van der Waals surface area contributed by atoms with E-state index < -0.39 is 23.2 Å². The third-order valence-corrected chi connectivity index (χ3v) is 3.64. The molecule has 1 rings (SSSR count). The van der Waals surface area contributed by atoms with Gasteiger partial charge in [-0.2, -0.15) is 13.2 Å². The van der Waals surface area contributed by atoms with E-state index in [9.17, 15) is 22.8 Å². The Bertz CT molecular complexity index is 607. The van der Waals surface area contributed by atoms with E-state index in [0.29, 0.717) is 18.5 Å². The SMILES string of the molecule is CC(NC(=O)CCCNC(=O)C(C)(C)C)c1cccc(C(F)(F)F)c1. The molecule has 0 aliphatic heterocycles. The lowest BCUT2D eigenvalue weighted by atomic mass is 9.96. The maximum atomic E-state index is 12.7. The Morgan fingerprint density at radius 2 is 1.80 bits per heavy atom. The fourth-order valence-corrected chi connectivity index (χ4v) is 2.10. The highest BCUT2D eigenvalue weighted by Crippen LogP contribution is 2.30. The summed E-state index contributed by atoms with van der Waals surface area (Å²) in [5.41, 5.74) is -0.833. The van der Waals surface area contributed by atoms with Gasteiger partial charge in [0, 0.05) is 18.4 Å². The Kier molecular flexibility index (Phi) is 7.02. The van der Waals surface area contributed by atoms with Crippen LogP contribution in [0.1, 0.15) is 57.7 Å². The van der Waals surface area contributed by atoms with Crippen molar-refractivity contribution in [2.24, 2.45) is 5.41 Å². The highest BCUT2D eigenvalue weighted by molar-refractivity contribution is 5.81. The topological polar surface area (TPSA) is 58.2 Å². The number of hydrogen-bond acceptors (Lipinski definition) is 2. The molecular weight excluding hydrogens is 333 g/mol. The summed E-state index contributed by atoms with van der Waals surface area (Å²) in [6, 6.07) is 4.37. The van der Waals surface area contributed by atoms with E-state index in [4.69, 9.17) is 0 Å². The van der Waals surface area contributed by atoms with Gasteiger partial charge < -0.3 is 10.6 Å². The molecule has 1 atom stereocenters. The average molecular weight is 358 g/mol. The molecule has 7 heteroatoms. The number of alkyl halides is 3. The molecule has 0 aliphatic rings. The predicted molar refractivity (Wildman–Crippen MR) is 89.7 cm³/mol. The number of carbonyl (C=O) groups is 2. The van der Waals surface area contributed by atoms with Crippen molar-refractivity contribution in [1.82, 2.24) is 10.6 Å². The molecule has 2 amide bonds. The minimum absolute atomic E-state index is 0.0924. The summed E-state index contributed by atoms with van der Waals surface area (Å²) in [4.78, 5) is 23.6. The monoisotopic (exact) mass is 358 g/mol. The molecule has 0 radical (unpaired) electrons. The maximum Gasteiger partial charge on any atom is 0.416 e. The van der Waals surface area contributed by atoms with Crippen molar-refractivity contribution >= 4 is 11.8 Å². The number of nitrogens with one attached hydrogen (secondary N) is 2. The van der Waals surface area contributed by atoms with Crippen LogP contribution in [0, 0.1) is 5.41 Å². The van der Waals surface area contributed by atoms with Gasteiger partial charge in [0.05, 0.1) is 11.6 Å². The van der Waals surface area contributed by atoms with Crippen LogP contribution in [0.3, 0.4) is 0 Å². The van der Waals surface area contributed by atoms with Crippen LogP contribution in [-0.4, -0.2) is 18.4 Å². The smallest absolute Gasteiger partial charge is 0.356 e. The van der Waals surface area contributed by atoms with Gasteiger partial charge in [-0.15, -0.1) is 0 Å². The van der Waals surface area contributed by atoms with Crippen LogP contribution in [0.5, 0.6) is 0 Å². The Balaban J connectivity index is 2.46. The van der Waals surface area contributed by atoms with Crippen LogP contribution in [0.4, 0.5) is 13.2 Å². The summed E-state index contributed by atoms with van der Waals surface area (Å²) in [6.45, 7) is 7.40. The first-order valence-electron chi connectivity index (χ1n) is 8.16. The Hall–Kier alpha value is -2.05. The van der Waals surface area contributed by atoms with Crippen molar-refractivity contribution in [3.05, 3.63) is 35.4 Å². The molecule has 0 heterocycles. The molecule has 0 aliphatic carbocycles. The first kappa shape index (κ1) is 21.0. The van der Waals surface area contributed by atoms with E-state index >= 15 is 0 Å². The second kappa shape index (κ2) is 8.36. The molecule has 0 spiro atoms. The zero-order valence-corrected chi connectivity index (χ0v) is 15.0. The van der Waals surface area contributed by atoms with Gasteiger partial charge in [0.2, 0.25) is 11.8 Å². The van der Waals surface area contributed by atoms with Crippen LogP contribution in [0.15, 0.2) is 24.3 Å². The first-order valence-corrected chi connectivity index (χ1v) is 8.16. The van der Waals surface area contributed by atoms with Gasteiger partial charge in [0.25, 0.3) is 0 Å². The third-order valence-electron chi connectivity index (χ3n) is 3.64. The second-order valence-corrected chi connectivity index (χ2v) is 7.02. The largest absolute Gasteiger partial charge is 0.416 e. The van der Waals surface area contributed by atoms with Gasteiger partial charge in [-0.05, 0) is 31.0 Å². The number of carbonyl (C=O) groups excluding carboxylic acids is 2. The average Bonchev–Trinajstić information content (AvgIpc) is 2.49. The van der Waals surface area contributed by atoms with Crippen molar-refractivity contribution in [2.45, 2.75) is 52.8 Å². The summed E-state index contributed by atoms with van der Waals surface area (Å²) in [5, 5.41) is 5.42. The number of halogens is 3.